The fraction of sp³-hybridized carbons (Fsp3) is 0.417. The molecule has 0 spiro atoms. The Morgan fingerprint density at radius 3 is 2.69 bits per heavy atom. The maximum Gasteiger partial charge on any atom is 0.101 e. The largest absolute Gasteiger partial charge is 0.383 e. The summed E-state index contributed by atoms with van der Waals surface area (Å²) in [6.07, 6.45) is 0. The van der Waals surface area contributed by atoms with Gasteiger partial charge < -0.3 is 11.1 Å². The quantitative estimate of drug-likeness (QED) is 0.846. The molecule has 0 heterocycles. The van der Waals surface area contributed by atoms with E-state index < -0.39 is 0 Å². The monoisotopic (exact) mass is 237 g/mol. The smallest absolute Gasteiger partial charge is 0.101 e. The zero-order valence-electron chi connectivity index (χ0n) is 9.50. The number of anilines is 1. The summed E-state index contributed by atoms with van der Waals surface area (Å²) in [6, 6.07) is 7.40. The number of benzene rings is 1. The fourth-order valence-corrected chi connectivity index (χ4v) is 1.41. The molecule has 86 valence electrons. The molecule has 0 amide bonds. The molecule has 4 heteroatoms. The molecule has 0 saturated carbocycles. The average Bonchev–Trinajstić information content (AvgIpc) is 2.25. The van der Waals surface area contributed by atoms with E-state index in [2.05, 4.69) is 19.2 Å². The van der Waals surface area contributed by atoms with Crippen molar-refractivity contribution in [3.8, 4) is 6.07 Å². The summed E-state index contributed by atoms with van der Waals surface area (Å²) < 4.78 is 0. The average molecular weight is 238 g/mol. The van der Waals surface area contributed by atoms with Gasteiger partial charge in [0, 0.05) is 18.3 Å². The van der Waals surface area contributed by atoms with Crippen LogP contribution in [-0.4, -0.2) is 12.6 Å². The summed E-state index contributed by atoms with van der Waals surface area (Å²) >= 11 is 5.91. The number of hydrogen-bond donors (Lipinski definition) is 2. The van der Waals surface area contributed by atoms with E-state index in [9.17, 15) is 0 Å². The van der Waals surface area contributed by atoms with Crippen LogP contribution in [-0.2, 0) is 0 Å². The van der Waals surface area contributed by atoms with Gasteiger partial charge in [-0.1, -0.05) is 25.4 Å². The maximum atomic E-state index is 8.73. The van der Waals surface area contributed by atoms with Gasteiger partial charge in [0.25, 0.3) is 0 Å². The van der Waals surface area contributed by atoms with Gasteiger partial charge in [0.1, 0.15) is 6.07 Å². The highest BCUT2D eigenvalue weighted by Gasteiger charge is 2.07. The first-order chi connectivity index (χ1) is 7.54. The summed E-state index contributed by atoms with van der Waals surface area (Å²) in [7, 11) is 0. The van der Waals surface area contributed by atoms with Crippen molar-refractivity contribution in [3.63, 3.8) is 0 Å². The third kappa shape index (κ3) is 3.41. The van der Waals surface area contributed by atoms with E-state index in [-0.39, 0.29) is 6.04 Å². The Kier molecular flexibility index (Phi) is 4.60. The van der Waals surface area contributed by atoms with E-state index in [1.54, 1.807) is 12.1 Å². The minimum Gasteiger partial charge on any atom is -0.383 e. The fourth-order valence-electron chi connectivity index (χ4n) is 1.19. The zero-order chi connectivity index (χ0) is 12.1. The molecule has 0 bridgehead atoms. The van der Waals surface area contributed by atoms with Gasteiger partial charge in [0.15, 0.2) is 0 Å². The molecule has 1 unspecified atom stereocenters. The van der Waals surface area contributed by atoms with Crippen LogP contribution in [0.3, 0.4) is 0 Å². The minimum absolute atomic E-state index is 0.106. The Balaban J connectivity index is 2.63. The molecule has 0 aliphatic carbocycles. The Morgan fingerprint density at radius 1 is 1.50 bits per heavy atom. The minimum atomic E-state index is 0.106. The Morgan fingerprint density at radius 2 is 2.19 bits per heavy atom. The molecule has 1 aromatic carbocycles. The van der Waals surface area contributed by atoms with Crippen LogP contribution in [0.15, 0.2) is 18.2 Å². The van der Waals surface area contributed by atoms with Crippen molar-refractivity contribution in [3.05, 3.63) is 28.8 Å². The molecule has 1 atom stereocenters. The van der Waals surface area contributed by atoms with Crippen LogP contribution in [0.5, 0.6) is 0 Å². The van der Waals surface area contributed by atoms with Gasteiger partial charge in [-0.15, -0.1) is 0 Å². The van der Waals surface area contributed by atoms with E-state index >= 15 is 0 Å². The number of halogens is 1. The van der Waals surface area contributed by atoms with Crippen LogP contribution in [0.25, 0.3) is 0 Å². The third-order valence-corrected chi connectivity index (χ3v) is 2.80. The lowest BCUT2D eigenvalue weighted by Crippen LogP contribution is -2.33. The van der Waals surface area contributed by atoms with Crippen molar-refractivity contribution in [2.75, 3.05) is 11.9 Å². The first kappa shape index (κ1) is 12.8. The van der Waals surface area contributed by atoms with E-state index in [4.69, 9.17) is 22.6 Å². The highest BCUT2D eigenvalue weighted by molar-refractivity contribution is 6.32. The topological polar surface area (TPSA) is 61.8 Å². The van der Waals surface area contributed by atoms with Crippen LogP contribution >= 0.6 is 11.6 Å². The van der Waals surface area contributed by atoms with Gasteiger partial charge in [0.2, 0.25) is 0 Å². The number of hydrogen-bond acceptors (Lipinski definition) is 3. The molecule has 3 nitrogen and oxygen atoms in total. The van der Waals surface area contributed by atoms with Gasteiger partial charge in [-0.25, -0.2) is 0 Å². The highest BCUT2D eigenvalue weighted by atomic mass is 35.5. The molecule has 0 aromatic heterocycles. The Bertz CT molecular complexity index is 396. The van der Waals surface area contributed by atoms with E-state index in [1.807, 2.05) is 12.1 Å². The molecule has 0 radical (unpaired) electrons. The molecular weight excluding hydrogens is 222 g/mol. The summed E-state index contributed by atoms with van der Waals surface area (Å²) in [6.45, 7) is 4.86. The van der Waals surface area contributed by atoms with E-state index in [0.29, 0.717) is 23.0 Å². The van der Waals surface area contributed by atoms with E-state index in [0.717, 1.165) is 5.69 Å². The van der Waals surface area contributed by atoms with Crippen LogP contribution < -0.4 is 11.1 Å². The molecule has 0 aliphatic heterocycles. The van der Waals surface area contributed by atoms with Gasteiger partial charge in [-0.05, 0) is 24.1 Å². The van der Waals surface area contributed by atoms with Crippen molar-refractivity contribution >= 4 is 17.3 Å². The Hall–Kier alpha value is -1.24. The van der Waals surface area contributed by atoms with Crippen molar-refractivity contribution < 1.29 is 0 Å². The molecule has 0 aliphatic rings. The lowest BCUT2D eigenvalue weighted by Gasteiger charge is -2.17. The number of nitrogens with one attached hydrogen (secondary N) is 1. The molecule has 3 N–H and O–H groups in total. The highest BCUT2D eigenvalue weighted by Crippen LogP contribution is 2.20. The van der Waals surface area contributed by atoms with Crippen LogP contribution in [0.4, 0.5) is 5.69 Å². The molecule has 0 fully saturated rings. The summed E-state index contributed by atoms with van der Waals surface area (Å²) in [5.41, 5.74) is 7.29. The number of nitriles is 1. The van der Waals surface area contributed by atoms with Crippen LogP contribution in [0.2, 0.25) is 5.02 Å². The van der Waals surface area contributed by atoms with Gasteiger partial charge in [-0.3, -0.25) is 0 Å². The van der Waals surface area contributed by atoms with Crippen LogP contribution in [0, 0.1) is 17.2 Å². The van der Waals surface area contributed by atoms with Crippen molar-refractivity contribution in [1.29, 1.82) is 5.26 Å². The summed E-state index contributed by atoms with van der Waals surface area (Å²) in [5.74, 6) is 0.432. The number of nitrogens with two attached hydrogens (primary N) is 1. The molecule has 0 saturated heterocycles. The molecule has 16 heavy (non-hydrogen) atoms. The standard InChI is InChI=1S/C12H16ClN3/c1-8(2)12(15)7-16-10-4-3-9(6-14)11(13)5-10/h3-5,8,12,16H,7,15H2,1-2H3. The zero-order valence-corrected chi connectivity index (χ0v) is 10.3. The predicted molar refractivity (Wildman–Crippen MR) is 67.5 cm³/mol. The summed E-state index contributed by atoms with van der Waals surface area (Å²) in [5, 5.41) is 12.4. The Labute approximate surface area is 101 Å². The normalized spacial score (nSPS) is 12.2. The first-order valence-corrected chi connectivity index (χ1v) is 5.61. The van der Waals surface area contributed by atoms with Gasteiger partial charge >= 0.3 is 0 Å². The van der Waals surface area contributed by atoms with Crippen LogP contribution in [0.1, 0.15) is 19.4 Å². The predicted octanol–water partition coefficient (Wildman–Crippen LogP) is 2.61. The second-order valence-electron chi connectivity index (χ2n) is 4.10. The molecular formula is C12H16ClN3. The molecule has 1 aromatic rings. The third-order valence-electron chi connectivity index (χ3n) is 2.49. The van der Waals surface area contributed by atoms with Gasteiger partial charge in [0.05, 0.1) is 10.6 Å². The SMILES string of the molecule is CC(C)C(N)CNc1ccc(C#N)c(Cl)c1. The lowest BCUT2D eigenvalue weighted by molar-refractivity contribution is 0.511. The maximum absolute atomic E-state index is 8.73. The second-order valence-corrected chi connectivity index (χ2v) is 4.50. The van der Waals surface area contributed by atoms with Crippen molar-refractivity contribution in [2.45, 2.75) is 19.9 Å². The first-order valence-electron chi connectivity index (χ1n) is 5.23. The van der Waals surface area contributed by atoms with E-state index in [1.165, 1.54) is 0 Å². The van der Waals surface area contributed by atoms with Crippen molar-refractivity contribution in [1.82, 2.24) is 0 Å². The molecule has 1 rings (SSSR count). The summed E-state index contributed by atoms with van der Waals surface area (Å²) in [4.78, 5) is 0. The van der Waals surface area contributed by atoms with Crippen molar-refractivity contribution in [2.24, 2.45) is 11.7 Å². The number of nitrogens with zero attached hydrogens (tertiary/aromatic N) is 1. The second kappa shape index (κ2) is 5.74. The van der Waals surface area contributed by atoms with Gasteiger partial charge in [-0.2, -0.15) is 5.26 Å². The lowest BCUT2D eigenvalue weighted by atomic mass is 10.1. The number of rotatable bonds is 4.